The summed E-state index contributed by atoms with van der Waals surface area (Å²) in [5.74, 6) is 1.06. The molecule has 1 aliphatic carbocycles. The number of amides is 1. The van der Waals surface area contributed by atoms with Crippen LogP contribution in [0.25, 0.3) is 0 Å². The SMILES string of the molecule is C=C/C=C(\C=C/C)N1CC2CN(C(=O)C3CC3c3ccc(C(F)(F)F)cc3)CC2C1. The van der Waals surface area contributed by atoms with Gasteiger partial charge in [-0.25, -0.2) is 0 Å². The summed E-state index contributed by atoms with van der Waals surface area (Å²) in [6.45, 7) is 9.20. The summed E-state index contributed by atoms with van der Waals surface area (Å²) in [5, 5.41) is 0. The van der Waals surface area contributed by atoms with E-state index >= 15 is 0 Å². The Morgan fingerprint density at radius 2 is 1.67 bits per heavy atom. The zero-order valence-electron chi connectivity index (χ0n) is 17.1. The second-order valence-electron chi connectivity index (χ2n) is 8.56. The molecule has 3 aliphatic rings. The molecule has 1 aromatic carbocycles. The molecule has 0 spiro atoms. The molecule has 2 saturated heterocycles. The summed E-state index contributed by atoms with van der Waals surface area (Å²) in [6.07, 6.45) is 4.33. The second-order valence-corrected chi connectivity index (χ2v) is 8.56. The van der Waals surface area contributed by atoms with Crippen molar-refractivity contribution < 1.29 is 18.0 Å². The minimum Gasteiger partial charge on any atom is -0.371 e. The van der Waals surface area contributed by atoms with E-state index in [1.807, 2.05) is 24.0 Å². The average molecular weight is 416 g/mol. The van der Waals surface area contributed by atoms with Crippen LogP contribution in [-0.4, -0.2) is 41.9 Å². The van der Waals surface area contributed by atoms with E-state index in [0.717, 1.165) is 56.0 Å². The number of halogens is 3. The first-order valence-corrected chi connectivity index (χ1v) is 10.5. The lowest BCUT2D eigenvalue weighted by Crippen LogP contribution is -2.34. The largest absolute Gasteiger partial charge is 0.416 e. The standard InChI is InChI=1S/C24H27F3N2O/c1-3-5-20(6-4-2)28-12-17-14-29(15-18(17)13-28)23(30)22-11-21(22)16-7-9-19(10-8-16)24(25,26)27/h3-10,17-18,21-22H,1,11-15H2,2H3/b6-4-,20-5+. The van der Waals surface area contributed by atoms with Gasteiger partial charge in [-0.05, 0) is 49.1 Å². The number of hydrogen-bond donors (Lipinski definition) is 0. The first-order chi connectivity index (χ1) is 14.3. The predicted octanol–water partition coefficient (Wildman–Crippen LogP) is 4.85. The van der Waals surface area contributed by atoms with E-state index in [1.165, 1.54) is 12.1 Å². The second kappa shape index (κ2) is 7.97. The van der Waals surface area contributed by atoms with Gasteiger partial charge in [0.05, 0.1) is 5.56 Å². The van der Waals surface area contributed by atoms with Gasteiger partial charge in [-0.3, -0.25) is 4.79 Å². The highest BCUT2D eigenvalue weighted by molar-refractivity contribution is 5.83. The van der Waals surface area contributed by atoms with Crippen molar-refractivity contribution in [1.29, 1.82) is 0 Å². The van der Waals surface area contributed by atoms with Crippen molar-refractivity contribution >= 4 is 5.91 Å². The summed E-state index contributed by atoms with van der Waals surface area (Å²) >= 11 is 0. The maximum absolute atomic E-state index is 13.0. The summed E-state index contributed by atoms with van der Waals surface area (Å²) in [6, 6.07) is 5.27. The third kappa shape index (κ3) is 4.05. The average Bonchev–Trinajstić information content (AvgIpc) is 3.25. The zero-order valence-corrected chi connectivity index (χ0v) is 17.1. The van der Waals surface area contributed by atoms with Gasteiger partial charge < -0.3 is 9.80 Å². The molecule has 3 nitrogen and oxygen atoms in total. The first kappa shape index (κ1) is 20.8. The smallest absolute Gasteiger partial charge is 0.371 e. The van der Waals surface area contributed by atoms with Crippen molar-refractivity contribution in [1.82, 2.24) is 9.80 Å². The molecule has 1 saturated carbocycles. The van der Waals surface area contributed by atoms with E-state index in [1.54, 1.807) is 6.08 Å². The van der Waals surface area contributed by atoms with Gasteiger partial charge in [-0.15, -0.1) is 0 Å². The van der Waals surface area contributed by atoms with Gasteiger partial charge in [0.25, 0.3) is 0 Å². The molecule has 0 N–H and O–H groups in total. The van der Waals surface area contributed by atoms with Crippen molar-refractivity contribution in [2.45, 2.75) is 25.4 Å². The van der Waals surface area contributed by atoms with Crippen molar-refractivity contribution in [3.63, 3.8) is 0 Å². The number of alkyl halides is 3. The van der Waals surface area contributed by atoms with Gasteiger partial charge in [0.2, 0.25) is 5.91 Å². The maximum Gasteiger partial charge on any atom is 0.416 e. The molecular weight excluding hydrogens is 389 g/mol. The quantitative estimate of drug-likeness (QED) is 0.641. The fourth-order valence-electron chi connectivity index (χ4n) is 4.93. The maximum atomic E-state index is 13.0. The third-order valence-corrected chi connectivity index (χ3v) is 6.56. The number of benzene rings is 1. The molecule has 3 fully saturated rings. The Balaban J connectivity index is 1.33. The molecule has 0 aromatic heterocycles. The molecule has 4 atom stereocenters. The van der Waals surface area contributed by atoms with Crippen molar-refractivity contribution in [3.05, 3.63) is 72.0 Å². The van der Waals surface area contributed by atoms with Crippen LogP contribution in [0.3, 0.4) is 0 Å². The molecule has 2 heterocycles. The van der Waals surface area contributed by atoms with Crippen LogP contribution in [0.5, 0.6) is 0 Å². The van der Waals surface area contributed by atoms with Crippen LogP contribution in [0.2, 0.25) is 0 Å². The van der Waals surface area contributed by atoms with E-state index in [0.29, 0.717) is 11.8 Å². The van der Waals surface area contributed by atoms with E-state index < -0.39 is 11.7 Å². The topological polar surface area (TPSA) is 23.6 Å². The molecule has 0 bridgehead atoms. The Hall–Kier alpha value is -2.50. The first-order valence-electron chi connectivity index (χ1n) is 10.5. The number of carbonyl (C=O) groups is 1. The lowest BCUT2D eigenvalue weighted by molar-refractivity contribution is -0.137. The van der Waals surface area contributed by atoms with Crippen LogP contribution in [-0.2, 0) is 11.0 Å². The molecule has 4 unspecified atom stereocenters. The van der Waals surface area contributed by atoms with Gasteiger partial charge in [0.1, 0.15) is 0 Å². The number of fused-ring (bicyclic) bond motifs is 1. The number of allylic oxidation sites excluding steroid dienone is 4. The van der Waals surface area contributed by atoms with Gasteiger partial charge in [-0.1, -0.05) is 30.9 Å². The van der Waals surface area contributed by atoms with Gasteiger partial charge in [0, 0.05) is 49.6 Å². The fraction of sp³-hybridized carbons (Fsp3) is 0.458. The third-order valence-electron chi connectivity index (χ3n) is 6.56. The van der Waals surface area contributed by atoms with Gasteiger partial charge in [-0.2, -0.15) is 13.2 Å². The van der Waals surface area contributed by atoms with Gasteiger partial charge in [0.15, 0.2) is 0 Å². The monoisotopic (exact) mass is 416 g/mol. The minimum atomic E-state index is -4.33. The molecule has 1 amide bonds. The van der Waals surface area contributed by atoms with E-state index in [-0.39, 0.29) is 17.7 Å². The lowest BCUT2D eigenvalue weighted by atomic mass is 10.0. The van der Waals surface area contributed by atoms with Crippen molar-refractivity contribution in [2.24, 2.45) is 17.8 Å². The zero-order chi connectivity index (χ0) is 21.5. The van der Waals surface area contributed by atoms with Crippen molar-refractivity contribution in [3.8, 4) is 0 Å². The molecule has 6 heteroatoms. The normalized spacial score (nSPS) is 28.9. The number of hydrogen-bond acceptors (Lipinski definition) is 2. The number of rotatable bonds is 5. The highest BCUT2D eigenvalue weighted by atomic mass is 19.4. The van der Waals surface area contributed by atoms with Crippen LogP contribution in [0.4, 0.5) is 13.2 Å². The summed E-state index contributed by atoms with van der Waals surface area (Å²) in [4.78, 5) is 17.3. The molecule has 30 heavy (non-hydrogen) atoms. The number of likely N-dealkylation sites (tertiary alicyclic amines) is 2. The predicted molar refractivity (Wildman–Crippen MR) is 111 cm³/mol. The Bertz CT molecular complexity index is 857. The molecule has 1 aromatic rings. The molecule has 2 aliphatic heterocycles. The molecule has 4 rings (SSSR count). The highest BCUT2D eigenvalue weighted by Gasteiger charge is 2.49. The molecule has 0 radical (unpaired) electrons. The number of carbonyl (C=O) groups excluding carboxylic acids is 1. The van der Waals surface area contributed by atoms with E-state index in [4.69, 9.17) is 0 Å². The van der Waals surface area contributed by atoms with Crippen LogP contribution in [0.15, 0.2) is 60.8 Å². The fourth-order valence-corrected chi connectivity index (χ4v) is 4.93. The van der Waals surface area contributed by atoms with E-state index in [2.05, 4.69) is 17.6 Å². The Morgan fingerprint density at radius 1 is 1.07 bits per heavy atom. The lowest BCUT2D eigenvalue weighted by Gasteiger charge is -2.24. The van der Waals surface area contributed by atoms with Crippen LogP contribution < -0.4 is 0 Å². The Kier molecular flexibility index (Phi) is 5.51. The van der Waals surface area contributed by atoms with E-state index in [9.17, 15) is 18.0 Å². The van der Waals surface area contributed by atoms with Crippen LogP contribution in [0.1, 0.15) is 30.4 Å². The van der Waals surface area contributed by atoms with Crippen molar-refractivity contribution in [2.75, 3.05) is 26.2 Å². The van der Waals surface area contributed by atoms with Crippen LogP contribution >= 0.6 is 0 Å². The summed E-state index contributed by atoms with van der Waals surface area (Å²) in [7, 11) is 0. The van der Waals surface area contributed by atoms with Gasteiger partial charge >= 0.3 is 6.18 Å². The summed E-state index contributed by atoms with van der Waals surface area (Å²) < 4.78 is 38.2. The summed E-state index contributed by atoms with van der Waals surface area (Å²) in [5.41, 5.74) is 1.34. The highest BCUT2D eigenvalue weighted by Crippen LogP contribution is 2.49. The van der Waals surface area contributed by atoms with Crippen LogP contribution in [0, 0.1) is 17.8 Å². The molecular formula is C24H27F3N2O. The minimum absolute atomic E-state index is 0.0496. The number of nitrogens with zero attached hydrogens (tertiary/aromatic N) is 2. The Morgan fingerprint density at radius 3 is 2.20 bits per heavy atom. The molecule has 160 valence electrons. The Labute approximate surface area is 175 Å².